The standard InChI is InChI=1S/C22H36B2NO5/c1-19(2)20(3,4)28-23(27-19)15-13-16(24-29-21(5,6)22(7,8)30-24)18-17(14-15)25(9,10)11-12-26-18/h13-14H,11-12H2,1-10H3/q+1. The van der Waals surface area contributed by atoms with Gasteiger partial charge in [-0.25, -0.2) is 0 Å². The third-order valence-electron chi connectivity index (χ3n) is 7.70. The summed E-state index contributed by atoms with van der Waals surface area (Å²) in [5, 5.41) is 0. The first kappa shape index (κ1) is 22.2. The summed E-state index contributed by atoms with van der Waals surface area (Å²) < 4.78 is 32.4. The highest BCUT2D eigenvalue weighted by Crippen LogP contribution is 2.41. The number of benzene rings is 1. The molecule has 1 aromatic carbocycles. The molecule has 1 aromatic rings. The predicted molar refractivity (Wildman–Crippen MR) is 122 cm³/mol. The van der Waals surface area contributed by atoms with Gasteiger partial charge in [0.25, 0.3) is 0 Å². The molecule has 8 heteroatoms. The largest absolute Gasteiger partial charge is 0.498 e. The third-order valence-corrected chi connectivity index (χ3v) is 7.70. The second-order valence-electron chi connectivity index (χ2n) is 11.4. The number of hydrogen-bond donors (Lipinski definition) is 0. The number of likely N-dealkylation sites (N-methyl/N-ethyl adjacent to an activating group) is 1. The number of quaternary nitrogens is 1. The molecule has 0 saturated carbocycles. The van der Waals surface area contributed by atoms with E-state index in [1.165, 1.54) is 0 Å². The summed E-state index contributed by atoms with van der Waals surface area (Å²) in [6.07, 6.45) is 0. The van der Waals surface area contributed by atoms with Crippen LogP contribution in [0.4, 0.5) is 5.69 Å². The van der Waals surface area contributed by atoms with Crippen LogP contribution in [0.15, 0.2) is 12.1 Å². The molecule has 0 amide bonds. The molecule has 3 aliphatic rings. The average Bonchev–Trinajstić information content (AvgIpc) is 2.93. The Morgan fingerprint density at radius 2 is 1.20 bits per heavy atom. The van der Waals surface area contributed by atoms with Crippen molar-refractivity contribution in [3.8, 4) is 5.75 Å². The van der Waals surface area contributed by atoms with E-state index in [1.54, 1.807) is 0 Å². The van der Waals surface area contributed by atoms with E-state index in [2.05, 4.69) is 81.6 Å². The molecule has 0 N–H and O–H groups in total. The van der Waals surface area contributed by atoms with Crippen LogP contribution in [0, 0.1) is 0 Å². The molecule has 0 aliphatic carbocycles. The number of nitrogens with zero attached hydrogens (tertiary/aromatic N) is 1. The number of hydrogen-bond acceptors (Lipinski definition) is 5. The normalized spacial score (nSPS) is 27.7. The first-order valence-electron chi connectivity index (χ1n) is 10.9. The van der Waals surface area contributed by atoms with Crippen LogP contribution in [0.5, 0.6) is 5.75 Å². The Balaban J connectivity index is 1.82. The average molecular weight is 416 g/mol. The highest BCUT2D eigenvalue weighted by atomic mass is 16.7. The van der Waals surface area contributed by atoms with Crippen LogP contribution in [0.2, 0.25) is 0 Å². The maximum absolute atomic E-state index is 6.39. The Bertz CT molecular complexity index is 833. The predicted octanol–water partition coefficient (Wildman–Crippen LogP) is 2.24. The second-order valence-corrected chi connectivity index (χ2v) is 11.4. The van der Waals surface area contributed by atoms with Gasteiger partial charge in [0.15, 0.2) is 11.4 Å². The van der Waals surface area contributed by atoms with Gasteiger partial charge in [-0.05, 0) is 60.9 Å². The van der Waals surface area contributed by atoms with E-state index >= 15 is 0 Å². The monoisotopic (exact) mass is 416 g/mol. The van der Waals surface area contributed by atoms with Crippen molar-refractivity contribution in [2.45, 2.75) is 77.8 Å². The SMILES string of the molecule is CC1(C)OB(c2cc(B3OC(C)(C)C(C)(C)O3)c3c(c2)[N+](C)(C)CCO3)OC1(C)C. The maximum Gasteiger partial charge on any atom is 0.498 e. The number of ether oxygens (including phenoxy) is 1. The van der Waals surface area contributed by atoms with E-state index < -0.39 is 36.6 Å². The fraction of sp³-hybridized carbons (Fsp3) is 0.727. The fourth-order valence-electron chi connectivity index (χ4n) is 4.02. The van der Waals surface area contributed by atoms with Crippen LogP contribution in [0.1, 0.15) is 55.4 Å². The van der Waals surface area contributed by atoms with Crippen LogP contribution in [0.3, 0.4) is 0 Å². The van der Waals surface area contributed by atoms with Crippen molar-refractivity contribution in [2.24, 2.45) is 0 Å². The molecule has 30 heavy (non-hydrogen) atoms. The zero-order valence-corrected chi connectivity index (χ0v) is 20.2. The van der Waals surface area contributed by atoms with Gasteiger partial charge in [0.1, 0.15) is 13.2 Å². The second kappa shape index (κ2) is 6.48. The summed E-state index contributed by atoms with van der Waals surface area (Å²) >= 11 is 0. The highest BCUT2D eigenvalue weighted by molar-refractivity contribution is 6.67. The molecular weight excluding hydrogens is 380 g/mol. The van der Waals surface area contributed by atoms with Crippen LogP contribution in [-0.4, -0.2) is 63.9 Å². The lowest BCUT2D eigenvalue weighted by molar-refractivity contribution is 0.00578. The Hall–Kier alpha value is -1.05. The first-order chi connectivity index (χ1) is 13.6. The van der Waals surface area contributed by atoms with Crippen LogP contribution < -0.4 is 20.1 Å². The van der Waals surface area contributed by atoms with Gasteiger partial charge in [-0.1, -0.05) is 6.07 Å². The van der Waals surface area contributed by atoms with E-state index in [-0.39, 0.29) is 0 Å². The minimum atomic E-state index is -0.510. The van der Waals surface area contributed by atoms with Crippen molar-refractivity contribution >= 4 is 30.8 Å². The van der Waals surface area contributed by atoms with E-state index in [4.69, 9.17) is 23.4 Å². The Kier molecular flexibility index (Phi) is 4.79. The lowest BCUT2D eigenvalue weighted by Gasteiger charge is -2.36. The Morgan fingerprint density at radius 1 is 0.733 bits per heavy atom. The summed E-state index contributed by atoms with van der Waals surface area (Å²) in [4.78, 5) is 0. The zero-order chi connectivity index (χ0) is 22.3. The minimum absolute atomic E-state index is 0.404. The summed E-state index contributed by atoms with van der Waals surface area (Å²) in [6, 6.07) is 4.24. The Morgan fingerprint density at radius 3 is 1.70 bits per heavy atom. The van der Waals surface area contributed by atoms with Gasteiger partial charge in [0.05, 0.1) is 36.5 Å². The molecule has 0 unspecified atom stereocenters. The molecule has 6 nitrogen and oxygen atoms in total. The van der Waals surface area contributed by atoms with Gasteiger partial charge in [-0.3, -0.25) is 4.48 Å². The molecule has 4 rings (SSSR count). The van der Waals surface area contributed by atoms with Crippen LogP contribution in [-0.2, 0) is 18.6 Å². The van der Waals surface area contributed by atoms with Crippen molar-refractivity contribution in [3.63, 3.8) is 0 Å². The lowest BCUT2D eigenvalue weighted by atomic mass is 9.70. The Labute approximate surface area is 182 Å². The van der Waals surface area contributed by atoms with E-state index in [0.717, 1.165) is 33.4 Å². The smallest absolute Gasteiger partial charge is 0.482 e. The minimum Gasteiger partial charge on any atom is -0.482 e. The number of fused-ring (bicyclic) bond motifs is 1. The van der Waals surface area contributed by atoms with Gasteiger partial charge >= 0.3 is 14.2 Å². The van der Waals surface area contributed by atoms with E-state index in [1.807, 2.05) is 0 Å². The summed E-state index contributed by atoms with van der Waals surface area (Å²) in [5.41, 5.74) is 1.31. The lowest BCUT2D eigenvalue weighted by Crippen LogP contribution is -2.51. The number of rotatable bonds is 2. The molecule has 164 valence electrons. The van der Waals surface area contributed by atoms with Gasteiger partial charge in [-0.2, -0.15) is 0 Å². The highest BCUT2D eigenvalue weighted by Gasteiger charge is 2.55. The molecule has 2 fully saturated rings. The molecule has 2 saturated heterocycles. The molecule has 0 aromatic heterocycles. The first-order valence-corrected chi connectivity index (χ1v) is 10.9. The van der Waals surface area contributed by atoms with Gasteiger partial charge < -0.3 is 23.4 Å². The fourth-order valence-corrected chi connectivity index (χ4v) is 4.02. The molecule has 0 spiro atoms. The molecule has 3 aliphatic heterocycles. The molecule has 0 bridgehead atoms. The topological polar surface area (TPSA) is 46.2 Å². The summed E-state index contributed by atoms with van der Waals surface area (Å²) in [7, 11) is 3.43. The maximum atomic E-state index is 6.39. The summed E-state index contributed by atoms with van der Waals surface area (Å²) in [6.45, 7) is 18.1. The van der Waals surface area contributed by atoms with Crippen molar-refractivity contribution in [1.82, 2.24) is 4.48 Å². The quantitative estimate of drug-likeness (QED) is 0.547. The zero-order valence-electron chi connectivity index (χ0n) is 20.2. The van der Waals surface area contributed by atoms with Gasteiger partial charge in [0, 0.05) is 11.5 Å². The third kappa shape index (κ3) is 3.32. The molecular formula is C22H36B2NO5+. The van der Waals surface area contributed by atoms with Crippen molar-refractivity contribution < 1.29 is 23.4 Å². The van der Waals surface area contributed by atoms with Gasteiger partial charge in [0.2, 0.25) is 0 Å². The van der Waals surface area contributed by atoms with E-state index in [9.17, 15) is 0 Å². The molecule has 3 heterocycles. The van der Waals surface area contributed by atoms with Crippen LogP contribution in [0.25, 0.3) is 0 Å². The van der Waals surface area contributed by atoms with Crippen LogP contribution >= 0.6 is 0 Å². The van der Waals surface area contributed by atoms with E-state index in [0.29, 0.717) is 6.61 Å². The molecule has 0 radical (unpaired) electrons. The van der Waals surface area contributed by atoms with Gasteiger partial charge in [-0.15, -0.1) is 0 Å². The molecule has 0 atom stereocenters. The summed E-state index contributed by atoms with van der Waals surface area (Å²) in [5.74, 6) is 0.852. The van der Waals surface area contributed by atoms with Crippen molar-refractivity contribution in [2.75, 3.05) is 27.2 Å². The van der Waals surface area contributed by atoms with Crippen molar-refractivity contribution in [3.05, 3.63) is 12.1 Å². The van der Waals surface area contributed by atoms with Crippen molar-refractivity contribution in [1.29, 1.82) is 0 Å².